The van der Waals surface area contributed by atoms with E-state index in [2.05, 4.69) is 35.1 Å². The third-order valence-electron chi connectivity index (χ3n) is 27.3. The molecule has 6 bridgehead atoms. The van der Waals surface area contributed by atoms with Gasteiger partial charge in [-0.05, 0) is 205 Å². The van der Waals surface area contributed by atoms with Crippen LogP contribution in [0.3, 0.4) is 0 Å². The van der Waals surface area contributed by atoms with Crippen LogP contribution in [0.4, 0.5) is 11.6 Å². The number of methoxy groups -OCH3 is 2. The van der Waals surface area contributed by atoms with E-state index in [1.165, 1.54) is 188 Å². The van der Waals surface area contributed by atoms with Crippen LogP contribution >= 0.6 is 24.0 Å². The zero-order chi connectivity index (χ0) is 80.9. The Bertz CT molecular complexity index is 5030. The van der Waals surface area contributed by atoms with E-state index >= 15 is 0 Å². The molecule has 6 saturated heterocycles. The van der Waals surface area contributed by atoms with Crippen molar-refractivity contribution in [1.82, 2.24) is 43.4 Å². The summed E-state index contributed by atoms with van der Waals surface area (Å²) in [5.74, 6) is -0.874. The molecule has 6 N–H and O–H groups in total. The van der Waals surface area contributed by atoms with E-state index in [1.54, 1.807) is 48.5 Å². The van der Waals surface area contributed by atoms with Gasteiger partial charge in [-0.3, -0.25) is 29.1 Å². The van der Waals surface area contributed by atoms with E-state index in [0.717, 1.165) is 100 Å². The van der Waals surface area contributed by atoms with Crippen molar-refractivity contribution in [3.63, 3.8) is 0 Å². The molecule has 636 valence electrons. The number of hydrogen-bond acceptors (Lipinski definition) is 18. The van der Waals surface area contributed by atoms with Crippen LogP contribution in [0.5, 0.6) is 0 Å². The van der Waals surface area contributed by atoms with E-state index in [0.29, 0.717) is 84.7 Å². The van der Waals surface area contributed by atoms with Crippen LogP contribution < -0.4 is 62.6 Å². The molecule has 120 heavy (non-hydrogen) atoms. The van der Waals surface area contributed by atoms with E-state index < -0.39 is 5.97 Å². The Hall–Kier alpha value is -7.87. The predicted molar refractivity (Wildman–Crippen MR) is 473 cm³/mol. The molecule has 22 nitrogen and oxygen atoms in total. The van der Waals surface area contributed by atoms with Gasteiger partial charge in [0, 0.05) is 92.1 Å². The normalized spacial score (nSPS) is 23.6. The number of nitrogens with zero attached hydrogens (tertiary/aromatic N) is 9. The number of carbonyl (C=O) groups is 3. The van der Waals surface area contributed by atoms with Crippen LogP contribution in [0.25, 0.3) is 33.1 Å². The van der Waals surface area contributed by atoms with Gasteiger partial charge in [-0.15, -0.1) is 12.4 Å². The minimum atomic E-state index is -0.946. The van der Waals surface area contributed by atoms with E-state index in [1.807, 2.05) is 111 Å². The number of aromatic nitrogens is 6. The summed E-state index contributed by atoms with van der Waals surface area (Å²) in [6, 6.07) is 51.2. The van der Waals surface area contributed by atoms with Crippen molar-refractivity contribution in [3.8, 4) is 0 Å². The van der Waals surface area contributed by atoms with Gasteiger partial charge in [0.05, 0.1) is 64.0 Å². The third kappa shape index (κ3) is 21.3. The van der Waals surface area contributed by atoms with Crippen molar-refractivity contribution >= 4 is 86.7 Å². The SMILES string of the molecule is COC(=O)c1ccc(CN)cc1.COC(=O)c1ccc(CNc2nc3ccccc3n(C3C[C@H]4CC[C@@H](C3)N4C3CCCCCCC3)c2=O)cc1.Cl.O=C(O)c1ccc(CNc2nc3ccccc3n(C3C[C@H]4CC[C@@H](C3)N4C3CCCCCCC3)c2=O)cc1.O=c1c(Cl)nc2ccccc2n1C1C[C@H]2CC[C@@H](C1)N2C1CCCCCCC1.[Na+].[OH-]. The number of anilines is 2. The largest absolute Gasteiger partial charge is 1.00 e. The van der Waals surface area contributed by atoms with Crippen LogP contribution in [0.2, 0.25) is 5.15 Å². The minimum absolute atomic E-state index is 0. The van der Waals surface area contributed by atoms with Gasteiger partial charge in [0.25, 0.3) is 16.7 Å². The molecular formula is C95H121Cl2N12NaO10. The second-order valence-electron chi connectivity index (χ2n) is 34.5. The number of aromatic carboxylic acids is 1. The fourth-order valence-corrected chi connectivity index (χ4v) is 22.0. The molecule has 6 aliphatic heterocycles. The van der Waals surface area contributed by atoms with Crippen LogP contribution in [0, 0.1) is 0 Å². The van der Waals surface area contributed by atoms with E-state index in [9.17, 15) is 28.8 Å². The summed E-state index contributed by atoms with van der Waals surface area (Å²) >= 11 is 6.23. The number of ether oxygens (including phenoxy) is 2. The van der Waals surface area contributed by atoms with Gasteiger partial charge in [-0.2, -0.15) is 0 Å². The maximum absolute atomic E-state index is 13.9. The Labute approximate surface area is 738 Å². The summed E-state index contributed by atoms with van der Waals surface area (Å²) in [6.45, 7) is 1.35. The van der Waals surface area contributed by atoms with Gasteiger partial charge in [0.2, 0.25) is 0 Å². The molecule has 9 aliphatic rings. The molecule has 6 aromatic carbocycles. The van der Waals surface area contributed by atoms with Crippen LogP contribution in [0.1, 0.15) is 278 Å². The van der Waals surface area contributed by atoms with Gasteiger partial charge in [-0.1, -0.05) is 181 Å². The summed E-state index contributed by atoms with van der Waals surface area (Å²) in [6.07, 6.45) is 42.6. The summed E-state index contributed by atoms with van der Waals surface area (Å²) in [5, 5.41) is 15.8. The molecule has 25 heteroatoms. The maximum Gasteiger partial charge on any atom is 1.00 e. The maximum atomic E-state index is 13.9. The number of hydrogen-bond donors (Lipinski definition) is 4. The summed E-state index contributed by atoms with van der Waals surface area (Å²) in [4.78, 5) is 97.0. The second-order valence-corrected chi connectivity index (χ2v) is 34.8. The number of carbonyl (C=O) groups excluding carboxylic acids is 2. The zero-order valence-electron chi connectivity index (χ0n) is 70.3. The molecular weight excluding hydrogens is 1560 g/mol. The molecule has 3 aromatic heterocycles. The third-order valence-corrected chi connectivity index (χ3v) is 27.6. The Morgan fingerprint density at radius 3 is 0.958 bits per heavy atom. The summed E-state index contributed by atoms with van der Waals surface area (Å²) in [7, 11) is 2.74. The second kappa shape index (κ2) is 43.4. The number of nitrogens with two attached hydrogens (primary N) is 1. The van der Waals surface area contributed by atoms with Crippen LogP contribution in [-0.2, 0) is 29.1 Å². The van der Waals surface area contributed by atoms with Crippen LogP contribution in [0.15, 0.2) is 160 Å². The number of benzene rings is 6. The van der Waals surface area contributed by atoms with E-state index in [4.69, 9.17) is 37.1 Å². The number of halogens is 2. The molecule has 0 amide bonds. The van der Waals surface area contributed by atoms with E-state index in [-0.39, 0.29) is 105 Å². The van der Waals surface area contributed by atoms with Crippen molar-refractivity contribution in [3.05, 3.63) is 215 Å². The number of rotatable bonds is 16. The first-order valence-electron chi connectivity index (χ1n) is 44.1. The number of piperidine rings is 3. The molecule has 9 atom stereocenters. The molecule has 9 aromatic rings. The molecule has 0 radical (unpaired) electrons. The molecule has 3 saturated carbocycles. The Balaban J connectivity index is 0.000000154. The number of carboxylic acids is 1. The predicted octanol–water partition coefficient (Wildman–Crippen LogP) is 15.6. The van der Waals surface area contributed by atoms with Crippen molar-refractivity contribution in [1.29, 1.82) is 0 Å². The number of fused-ring (bicyclic) bond motifs is 9. The van der Waals surface area contributed by atoms with Gasteiger partial charge >= 0.3 is 47.5 Å². The standard InChI is InChI=1S/C32H40N4O3.C31H38N4O3.C23H30ClN3O.C9H11NO2.ClH.Na.H2O/c1-39-32(38)23-15-13-22(14-16-23)21-33-30-31(37)36(29-12-8-7-11-28(29)34-30)27-19-25-17-18-26(20-27)35(25)24-9-5-3-2-4-6-10-24;36-30-29(32-20-21-12-14-22(15-13-21)31(37)38)33-27-10-6-7-11-28(27)35(30)26-18-24-16-17-25(19-26)34(24)23-8-4-2-1-3-5-9-23;24-22-23(28)27(21-11-7-6-10-20(21)25-22)19-14-17-12-13-18(15-19)26(17)16-8-4-2-1-3-5-9-16;1-12-9(11)8-4-2-7(6-10)3-5-8;;;/h7-8,11-16,24-27H,2-6,9-10,17-21H2,1H3,(H,33,34);6-7,10-15,23-26H,1-5,8-9,16-20H2,(H,32,33)(H,37,38);6-7,10-11,16-19H,1-5,8-9,12-15H2;2-5H,6,10H2,1H3;1H;;1H2/q;;;;;+1;/p-1/t25-,26+,27?;24-,25+,26?;17-,18+,19?;;;;. The topological polar surface area (TPSA) is 284 Å². The smallest absolute Gasteiger partial charge is 0.870 e. The molecule has 3 aliphatic carbocycles. The summed E-state index contributed by atoms with van der Waals surface area (Å²) in [5.41, 5.74) is 14.6. The Kier molecular flexibility index (Phi) is 33.1. The monoisotopic (exact) mass is 1680 g/mol. The Morgan fingerprint density at radius 2 is 0.658 bits per heavy atom. The first kappa shape index (κ1) is 91.3. The summed E-state index contributed by atoms with van der Waals surface area (Å²) < 4.78 is 15.4. The molecule has 3 unspecified atom stereocenters. The fourth-order valence-electron chi connectivity index (χ4n) is 21.8. The van der Waals surface area contributed by atoms with Gasteiger partial charge in [0.15, 0.2) is 16.8 Å². The quantitative estimate of drug-likeness (QED) is 0.0516. The number of esters is 2. The number of para-hydroxylation sites is 6. The molecule has 18 rings (SSSR count). The number of nitrogens with one attached hydrogen (secondary N) is 2. The first-order chi connectivity index (χ1) is 57.2. The van der Waals surface area contributed by atoms with Crippen molar-refractivity contribution < 1.29 is 64.0 Å². The van der Waals surface area contributed by atoms with Crippen molar-refractivity contribution in [2.24, 2.45) is 5.73 Å². The average Bonchev–Trinajstić information content (AvgIpc) is 1.00. The van der Waals surface area contributed by atoms with Gasteiger partial charge in [0.1, 0.15) is 0 Å². The molecule has 9 heterocycles. The number of carboxylic acid groups (broad SMARTS) is 1. The van der Waals surface area contributed by atoms with Gasteiger partial charge < -0.3 is 50.1 Å². The van der Waals surface area contributed by atoms with Crippen LogP contribution in [-0.4, -0.2) is 140 Å². The molecule has 9 fully saturated rings. The Morgan fingerprint density at radius 1 is 0.383 bits per heavy atom. The average molecular weight is 1680 g/mol. The van der Waals surface area contributed by atoms with Gasteiger partial charge in [-0.25, -0.2) is 29.3 Å². The fraction of sp³-hybridized carbons (Fsp3) is 0.526. The minimum Gasteiger partial charge on any atom is -0.870 e. The zero-order valence-corrected chi connectivity index (χ0v) is 73.9. The molecule has 0 spiro atoms. The van der Waals surface area contributed by atoms with Crippen molar-refractivity contribution in [2.75, 3.05) is 24.9 Å². The van der Waals surface area contributed by atoms with Crippen molar-refractivity contribution in [2.45, 2.75) is 304 Å². The first-order valence-corrected chi connectivity index (χ1v) is 44.4.